The maximum atomic E-state index is 11.5. The zero-order valence-electron chi connectivity index (χ0n) is 8.38. The van der Waals surface area contributed by atoms with Gasteiger partial charge in [0.1, 0.15) is 0 Å². The Morgan fingerprint density at radius 3 is 2.56 bits per heavy atom. The maximum Gasteiger partial charge on any atom is 0.270 e. The molecule has 0 saturated heterocycles. The number of ketones is 1. The summed E-state index contributed by atoms with van der Waals surface area (Å²) in [5.74, 6) is -0.902. The fourth-order valence-electron chi connectivity index (χ4n) is 1.17. The van der Waals surface area contributed by atoms with Gasteiger partial charge in [0, 0.05) is 30.5 Å². The minimum Gasteiger partial charge on any atom is -0.370 e. The normalized spacial score (nSPS) is 9.75. The molecule has 0 aromatic heterocycles. The lowest BCUT2D eigenvalue weighted by molar-refractivity contribution is -0.384. The third kappa shape index (κ3) is 3.16. The molecule has 84 valence electrons. The number of hydrogen-bond acceptors (Lipinski definition) is 4. The smallest absolute Gasteiger partial charge is 0.270 e. The van der Waals surface area contributed by atoms with Gasteiger partial charge in [-0.1, -0.05) is 12.1 Å². The van der Waals surface area contributed by atoms with Gasteiger partial charge in [0.05, 0.1) is 4.92 Å². The van der Waals surface area contributed by atoms with E-state index >= 15 is 0 Å². The van der Waals surface area contributed by atoms with Gasteiger partial charge in [-0.05, 0) is 0 Å². The lowest BCUT2D eigenvalue weighted by Gasteiger charge is -1.99. The molecule has 1 rings (SSSR count). The Hall–Kier alpha value is -2.24. The number of amides is 1. The van der Waals surface area contributed by atoms with Gasteiger partial charge < -0.3 is 5.73 Å². The van der Waals surface area contributed by atoms with E-state index in [9.17, 15) is 19.7 Å². The number of benzene rings is 1. The summed E-state index contributed by atoms with van der Waals surface area (Å²) < 4.78 is 0. The molecule has 16 heavy (non-hydrogen) atoms. The number of nitrogens with two attached hydrogens (primary N) is 1. The number of nitro benzene ring substituents is 1. The van der Waals surface area contributed by atoms with Crippen LogP contribution in [0.25, 0.3) is 0 Å². The van der Waals surface area contributed by atoms with E-state index < -0.39 is 10.8 Å². The number of nitro groups is 1. The van der Waals surface area contributed by atoms with E-state index in [2.05, 4.69) is 0 Å². The summed E-state index contributed by atoms with van der Waals surface area (Å²) in [6, 6.07) is 5.38. The second-order valence-electron chi connectivity index (χ2n) is 3.20. The Balaban J connectivity index is 2.79. The van der Waals surface area contributed by atoms with E-state index in [0.29, 0.717) is 0 Å². The lowest BCUT2D eigenvalue weighted by atomic mass is 10.1. The summed E-state index contributed by atoms with van der Waals surface area (Å²) in [6.45, 7) is 0. The Labute approximate surface area is 91.2 Å². The number of Topliss-reactive ketones (excluding diaryl/α,β-unsaturated/α-hetero) is 1. The van der Waals surface area contributed by atoms with E-state index in [0.717, 1.165) is 0 Å². The van der Waals surface area contributed by atoms with Gasteiger partial charge in [-0.25, -0.2) is 0 Å². The molecule has 0 aliphatic carbocycles. The van der Waals surface area contributed by atoms with Crippen LogP contribution in [-0.2, 0) is 4.79 Å². The molecule has 1 aromatic rings. The van der Waals surface area contributed by atoms with Gasteiger partial charge in [0.15, 0.2) is 5.78 Å². The molecule has 0 bridgehead atoms. The van der Waals surface area contributed by atoms with Crippen LogP contribution < -0.4 is 5.73 Å². The molecule has 0 radical (unpaired) electrons. The van der Waals surface area contributed by atoms with Crippen LogP contribution in [0.4, 0.5) is 5.69 Å². The average molecular weight is 222 g/mol. The van der Waals surface area contributed by atoms with Crippen LogP contribution in [-0.4, -0.2) is 16.6 Å². The zero-order chi connectivity index (χ0) is 12.1. The van der Waals surface area contributed by atoms with Crippen molar-refractivity contribution in [3.63, 3.8) is 0 Å². The standard InChI is InChI=1S/C10H10N2O4/c11-10(14)5-4-9(13)7-2-1-3-8(6-7)12(15)16/h1-3,6H,4-5H2,(H2,11,14). The lowest BCUT2D eigenvalue weighted by Crippen LogP contribution is -2.12. The summed E-state index contributed by atoms with van der Waals surface area (Å²) in [4.78, 5) is 31.8. The quantitative estimate of drug-likeness (QED) is 0.456. The van der Waals surface area contributed by atoms with Crippen LogP contribution in [0.1, 0.15) is 23.2 Å². The van der Waals surface area contributed by atoms with Crippen LogP contribution in [0.5, 0.6) is 0 Å². The van der Waals surface area contributed by atoms with Crippen LogP contribution in [0.2, 0.25) is 0 Å². The summed E-state index contributed by atoms with van der Waals surface area (Å²) in [6.07, 6.45) is -0.0853. The van der Waals surface area contributed by atoms with Gasteiger partial charge in [0.25, 0.3) is 5.69 Å². The van der Waals surface area contributed by atoms with Crippen molar-refractivity contribution < 1.29 is 14.5 Å². The monoisotopic (exact) mass is 222 g/mol. The average Bonchev–Trinajstić information content (AvgIpc) is 2.26. The Bertz CT molecular complexity index is 442. The molecule has 6 heteroatoms. The number of carbonyl (C=O) groups is 2. The third-order valence-corrected chi connectivity index (χ3v) is 1.98. The predicted molar refractivity (Wildman–Crippen MR) is 55.9 cm³/mol. The SMILES string of the molecule is NC(=O)CCC(=O)c1cccc([N+](=O)[O-])c1. The molecule has 0 saturated carbocycles. The molecule has 0 aliphatic heterocycles. The molecular formula is C10H10N2O4. The van der Waals surface area contributed by atoms with E-state index in [1.54, 1.807) is 0 Å². The zero-order valence-corrected chi connectivity index (χ0v) is 8.38. The molecule has 0 spiro atoms. The highest BCUT2D eigenvalue weighted by Gasteiger charge is 2.11. The highest BCUT2D eigenvalue weighted by Crippen LogP contribution is 2.14. The highest BCUT2D eigenvalue weighted by atomic mass is 16.6. The van der Waals surface area contributed by atoms with Gasteiger partial charge in [-0.15, -0.1) is 0 Å². The molecule has 0 atom stereocenters. The first-order chi connectivity index (χ1) is 7.50. The third-order valence-electron chi connectivity index (χ3n) is 1.98. The summed E-state index contributed by atoms with van der Waals surface area (Å²) in [5.41, 5.74) is 4.97. The second kappa shape index (κ2) is 5.01. The Morgan fingerprint density at radius 2 is 2.00 bits per heavy atom. The van der Waals surface area contributed by atoms with Crippen molar-refractivity contribution >= 4 is 17.4 Å². The van der Waals surface area contributed by atoms with E-state index in [4.69, 9.17) is 5.73 Å². The predicted octanol–water partition coefficient (Wildman–Crippen LogP) is 1.04. The number of hydrogen-bond donors (Lipinski definition) is 1. The summed E-state index contributed by atoms with van der Waals surface area (Å²) >= 11 is 0. The Kier molecular flexibility index (Phi) is 3.71. The number of carbonyl (C=O) groups excluding carboxylic acids is 2. The summed E-state index contributed by atoms with van der Waals surface area (Å²) in [5, 5.41) is 10.5. The van der Waals surface area contributed by atoms with E-state index in [1.165, 1.54) is 24.3 Å². The first-order valence-corrected chi connectivity index (χ1v) is 4.56. The number of primary amides is 1. The molecule has 0 unspecified atom stereocenters. The van der Waals surface area contributed by atoms with Crippen LogP contribution in [0.15, 0.2) is 24.3 Å². The fourth-order valence-corrected chi connectivity index (χ4v) is 1.17. The van der Waals surface area contributed by atoms with Gasteiger partial charge in [-0.2, -0.15) is 0 Å². The van der Waals surface area contributed by atoms with E-state index in [-0.39, 0.29) is 29.9 Å². The number of nitrogens with zero attached hydrogens (tertiary/aromatic N) is 1. The molecule has 0 heterocycles. The van der Waals surface area contributed by atoms with Gasteiger partial charge in [0.2, 0.25) is 5.91 Å². The van der Waals surface area contributed by atoms with Gasteiger partial charge >= 0.3 is 0 Å². The van der Waals surface area contributed by atoms with Crippen molar-refractivity contribution in [3.05, 3.63) is 39.9 Å². The molecule has 0 aliphatic rings. The van der Waals surface area contributed by atoms with Crippen molar-refractivity contribution in [1.82, 2.24) is 0 Å². The molecule has 0 fully saturated rings. The number of non-ortho nitro benzene ring substituents is 1. The van der Waals surface area contributed by atoms with Crippen LogP contribution in [0, 0.1) is 10.1 Å². The molecular weight excluding hydrogens is 212 g/mol. The van der Waals surface area contributed by atoms with Gasteiger partial charge in [-0.3, -0.25) is 19.7 Å². The van der Waals surface area contributed by atoms with Crippen molar-refractivity contribution in [1.29, 1.82) is 0 Å². The Morgan fingerprint density at radius 1 is 1.31 bits per heavy atom. The largest absolute Gasteiger partial charge is 0.370 e. The second-order valence-corrected chi connectivity index (χ2v) is 3.20. The topological polar surface area (TPSA) is 103 Å². The molecule has 2 N–H and O–H groups in total. The first-order valence-electron chi connectivity index (χ1n) is 4.56. The fraction of sp³-hybridized carbons (Fsp3) is 0.200. The van der Waals surface area contributed by atoms with Crippen molar-refractivity contribution in [2.45, 2.75) is 12.8 Å². The van der Waals surface area contributed by atoms with Crippen LogP contribution >= 0.6 is 0 Å². The number of rotatable bonds is 5. The summed E-state index contributed by atoms with van der Waals surface area (Å²) in [7, 11) is 0. The molecule has 1 amide bonds. The molecule has 1 aromatic carbocycles. The minimum atomic E-state index is -0.579. The first kappa shape index (κ1) is 11.8. The molecule has 6 nitrogen and oxygen atoms in total. The van der Waals surface area contributed by atoms with Crippen molar-refractivity contribution in [3.8, 4) is 0 Å². The maximum absolute atomic E-state index is 11.5. The van der Waals surface area contributed by atoms with Crippen molar-refractivity contribution in [2.75, 3.05) is 0 Å². The minimum absolute atomic E-state index is 0.0312. The highest BCUT2D eigenvalue weighted by molar-refractivity contribution is 5.98. The van der Waals surface area contributed by atoms with Crippen LogP contribution in [0.3, 0.4) is 0 Å². The van der Waals surface area contributed by atoms with E-state index in [1.807, 2.05) is 0 Å². The van der Waals surface area contributed by atoms with Crippen molar-refractivity contribution in [2.24, 2.45) is 5.73 Å².